The Hall–Kier alpha value is -2.26. The van der Waals surface area contributed by atoms with E-state index in [1.165, 1.54) is 46.3 Å². The first-order chi connectivity index (χ1) is 13.2. The van der Waals surface area contributed by atoms with Crippen molar-refractivity contribution in [2.24, 2.45) is 0 Å². The molecule has 144 valence electrons. The summed E-state index contributed by atoms with van der Waals surface area (Å²) in [5, 5.41) is 8.62. The Labute approximate surface area is 163 Å². The molecule has 3 nitrogen and oxygen atoms in total. The SMILES string of the molecule is CCCc1cc(NC(CCC)CNCC)c2[nH]c(-c3ccccc3)cc2c1. The number of rotatable bonds is 10. The molecular formula is C24H33N3. The van der Waals surface area contributed by atoms with Crippen LogP contribution in [-0.4, -0.2) is 24.1 Å². The Morgan fingerprint density at radius 1 is 0.963 bits per heavy atom. The van der Waals surface area contributed by atoms with E-state index in [1.54, 1.807) is 0 Å². The summed E-state index contributed by atoms with van der Waals surface area (Å²) >= 11 is 0. The first-order valence-corrected chi connectivity index (χ1v) is 10.4. The van der Waals surface area contributed by atoms with Crippen LogP contribution in [-0.2, 0) is 6.42 Å². The molecule has 0 amide bonds. The first-order valence-electron chi connectivity index (χ1n) is 10.4. The Morgan fingerprint density at radius 2 is 1.78 bits per heavy atom. The summed E-state index contributed by atoms with van der Waals surface area (Å²) in [5.41, 5.74) is 6.26. The molecule has 1 unspecified atom stereocenters. The van der Waals surface area contributed by atoms with E-state index in [0.29, 0.717) is 6.04 Å². The maximum atomic E-state index is 3.83. The molecule has 0 aliphatic rings. The van der Waals surface area contributed by atoms with Crippen LogP contribution in [0.15, 0.2) is 48.5 Å². The van der Waals surface area contributed by atoms with Gasteiger partial charge in [-0.1, -0.05) is 63.9 Å². The Bertz CT molecular complexity index is 835. The predicted molar refractivity (Wildman–Crippen MR) is 119 cm³/mol. The summed E-state index contributed by atoms with van der Waals surface area (Å²) in [6.45, 7) is 8.67. The van der Waals surface area contributed by atoms with Gasteiger partial charge < -0.3 is 15.6 Å². The van der Waals surface area contributed by atoms with Gasteiger partial charge in [-0.2, -0.15) is 0 Å². The molecule has 0 saturated heterocycles. The second-order valence-electron chi connectivity index (χ2n) is 7.34. The van der Waals surface area contributed by atoms with Gasteiger partial charge in [-0.15, -0.1) is 0 Å². The molecule has 3 aromatic rings. The van der Waals surface area contributed by atoms with Crippen LogP contribution in [0.25, 0.3) is 22.2 Å². The molecule has 0 fully saturated rings. The van der Waals surface area contributed by atoms with Crippen molar-refractivity contribution in [3.63, 3.8) is 0 Å². The van der Waals surface area contributed by atoms with Gasteiger partial charge in [-0.3, -0.25) is 0 Å². The number of fused-ring (bicyclic) bond motifs is 1. The summed E-state index contributed by atoms with van der Waals surface area (Å²) in [6.07, 6.45) is 4.62. The minimum atomic E-state index is 0.443. The number of aromatic nitrogens is 1. The Morgan fingerprint density at radius 3 is 2.48 bits per heavy atom. The number of H-pyrrole nitrogens is 1. The molecule has 3 heteroatoms. The predicted octanol–water partition coefficient (Wildman–Crippen LogP) is 5.98. The van der Waals surface area contributed by atoms with Gasteiger partial charge in [0.1, 0.15) is 0 Å². The van der Waals surface area contributed by atoms with Crippen molar-refractivity contribution in [2.45, 2.75) is 52.5 Å². The van der Waals surface area contributed by atoms with Crippen molar-refractivity contribution >= 4 is 16.6 Å². The minimum absolute atomic E-state index is 0.443. The van der Waals surface area contributed by atoms with Crippen LogP contribution < -0.4 is 10.6 Å². The largest absolute Gasteiger partial charge is 0.379 e. The molecule has 27 heavy (non-hydrogen) atoms. The third-order valence-electron chi connectivity index (χ3n) is 5.05. The van der Waals surface area contributed by atoms with E-state index in [-0.39, 0.29) is 0 Å². The zero-order valence-electron chi connectivity index (χ0n) is 16.9. The molecule has 3 N–H and O–H groups in total. The molecule has 2 aromatic carbocycles. The highest BCUT2D eigenvalue weighted by atomic mass is 15.0. The molecule has 0 bridgehead atoms. The van der Waals surface area contributed by atoms with Crippen LogP contribution in [0.5, 0.6) is 0 Å². The van der Waals surface area contributed by atoms with E-state index >= 15 is 0 Å². The Balaban J connectivity index is 1.99. The number of hydrogen-bond acceptors (Lipinski definition) is 2. The van der Waals surface area contributed by atoms with Crippen LogP contribution in [0.3, 0.4) is 0 Å². The van der Waals surface area contributed by atoms with Gasteiger partial charge in [-0.25, -0.2) is 0 Å². The average molecular weight is 364 g/mol. The number of nitrogens with one attached hydrogen (secondary N) is 3. The molecular weight excluding hydrogens is 330 g/mol. The lowest BCUT2D eigenvalue weighted by molar-refractivity contribution is 0.577. The van der Waals surface area contributed by atoms with E-state index in [1.807, 2.05) is 0 Å². The van der Waals surface area contributed by atoms with Gasteiger partial charge in [0.15, 0.2) is 0 Å². The standard InChI is InChI=1S/C24H33N3/c1-4-10-18-14-20-16-22(19-12-8-7-9-13-19)27-24(20)23(15-18)26-21(11-5-2)17-25-6-3/h7-9,12-16,21,25-27H,4-6,10-11,17H2,1-3H3. The summed E-state index contributed by atoms with van der Waals surface area (Å²) in [7, 11) is 0. The van der Waals surface area contributed by atoms with E-state index < -0.39 is 0 Å². The van der Waals surface area contributed by atoms with Gasteiger partial charge in [0.05, 0.1) is 11.2 Å². The third kappa shape index (κ3) is 4.92. The van der Waals surface area contributed by atoms with Crippen LogP contribution in [0.2, 0.25) is 0 Å². The molecule has 0 radical (unpaired) electrons. The van der Waals surface area contributed by atoms with E-state index in [2.05, 4.69) is 84.9 Å². The van der Waals surface area contributed by atoms with Gasteiger partial charge in [-0.05, 0) is 48.7 Å². The van der Waals surface area contributed by atoms with Crippen molar-refractivity contribution in [1.29, 1.82) is 0 Å². The topological polar surface area (TPSA) is 39.8 Å². The minimum Gasteiger partial charge on any atom is -0.379 e. The van der Waals surface area contributed by atoms with Crippen molar-refractivity contribution in [3.05, 3.63) is 54.1 Å². The lowest BCUT2D eigenvalue weighted by Crippen LogP contribution is -2.32. The number of aromatic amines is 1. The fraction of sp³-hybridized carbons (Fsp3) is 0.417. The highest BCUT2D eigenvalue weighted by Crippen LogP contribution is 2.31. The molecule has 0 aliphatic heterocycles. The van der Waals surface area contributed by atoms with Gasteiger partial charge in [0.25, 0.3) is 0 Å². The van der Waals surface area contributed by atoms with E-state index in [9.17, 15) is 0 Å². The molecule has 0 saturated carbocycles. The summed E-state index contributed by atoms with van der Waals surface area (Å²) < 4.78 is 0. The first kappa shape index (κ1) is 19.5. The van der Waals surface area contributed by atoms with Crippen molar-refractivity contribution in [1.82, 2.24) is 10.3 Å². The van der Waals surface area contributed by atoms with Crippen LogP contribution >= 0.6 is 0 Å². The smallest absolute Gasteiger partial charge is 0.0694 e. The van der Waals surface area contributed by atoms with Crippen LogP contribution in [0, 0.1) is 0 Å². The number of hydrogen-bond donors (Lipinski definition) is 3. The van der Waals surface area contributed by atoms with Gasteiger partial charge in [0, 0.05) is 23.7 Å². The number of anilines is 1. The number of likely N-dealkylation sites (N-methyl/N-ethyl adjacent to an activating group) is 1. The summed E-state index contributed by atoms with van der Waals surface area (Å²) in [5.74, 6) is 0. The molecule has 1 aromatic heterocycles. The zero-order valence-corrected chi connectivity index (χ0v) is 16.9. The maximum absolute atomic E-state index is 3.83. The molecule has 0 aliphatic carbocycles. The normalized spacial score (nSPS) is 12.4. The lowest BCUT2D eigenvalue weighted by Gasteiger charge is -2.21. The molecule has 1 atom stereocenters. The molecule has 0 spiro atoms. The highest BCUT2D eigenvalue weighted by Gasteiger charge is 2.13. The van der Waals surface area contributed by atoms with E-state index in [4.69, 9.17) is 0 Å². The fourth-order valence-corrected chi connectivity index (χ4v) is 3.74. The Kier molecular flexibility index (Phi) is 6.94. The average Bonchev–Trinajstić information content (AvgIpc) is 3.12. The lowest BCUT2D eigenvalue weighted by atomic mass is 10.0. The highest BCUT2D eigenvalue weighted by molar-refractivity contribution is 5.95. The van der Waals surface area contributed by atoms with Crippen LogP contribution in [0.4, 0.5) is 5.69 Å². The monoisotopic (exact) mass is 363 g/mol. The number of benzene rings is 2. The van der Waals surface area contributed by atoms with E-state index in [0.717, 1.165) is 25.9 Å². The van der Waals surface area contributed by atoms with Gasteiger partial charge >= 0.3 is 0 Å². The van der Waals surface area contributed by atoms with Crippen molar-refractivity contribution < 1.29 is 0 Å². The fourth-order valence-electron chi connectivity index (χ4n) is 3.74. The molecule has 3 rings (SSSR count). The number of aryl methyl sites for hydroxylation is 1. The second-order valence-corrected chi connectivity index (χ2v) is 7.34. The summed E-state index contributed by atoms with van der Waals surface area (Å²) in [4.78, 5) is 3.67. The third-order valence-corrected chi connectivity index (χ3v) is 5.05. The summed E-state index contributed by atoms with van der Waals surface area (Å²) in [6, 6.07) is 18.0. The van der Waals surface area contributed by atoms with Gasteiger partial charge in [0.2, 0.25) is 0 Å². The maximum Gasteiger partial charge on any atom is 0.0694 e. The second kappa shape index (κ2) is 9.61. The quantitative estimate of drug-likeness (QED) is 0.415. The molecule has 1 heterocycles. The van der Waals surface area contributed by atoms with Crippen molar-refractivity contribution in [3.8, 4) is 11.3 Å². The van der Waals surface area contributed by atoms with Crippen molar-refractivity contribution in [2.75, 3.05) is 18.4 Å². The zero-order chi connectivity index (χ0) is 19.1. The van der Waals surface area contributed by atoms with Crippen LogP contribution in [0.1, 0.15) is 45.6 Å².